The van der Waals surface area contributed by atoms with Gasteiger partial charge in [-0.1, -0.05) is 26.7 Å². The third-order valence-electron chi connectivity index (χ3n) is 3.17. The Kier molecular flexibility index (Phi) is 5.10. The molecule has 0 radical (unpaired) electrons. The van der Waals surface area contributed by atoms with Gasteiger partial charge in [-0.15, -0.1) is 0 Å². The number of nitrogen functional groups attached to an aromatic ring is 1. The normalized spacial score (nSPS) is 13.8. The Bertz CT molecular complexity index is 467. The quantitative estimate of drug-likeness (QED) is 0.825. The summed E-state index contributed by atoms with van der Waals surface area (Å²) < 4.78 is 26.9. The minimum absolute atomic E-state index is 0.0949. The molecule has 3 N–H and O–H groups in total. The van der Waals surface area contributed by atoms with Crippen molar-refractivity contribution < 1.29 is 8.42 Å². The molecule has 1 rings (SSSR count). The molecule has 0 amide bonds. The van der Waals surface area contributed by atoms with Crippen molar-refractivity contribution in [1.29, 1.82) is 0 Å². The van der Waals surface area contributed by atoms with Crippen LogP contribution in [0.4, 0.5) is 5.82 Å². The van der Waals surface area contributed by atoms with E-state index in [1.54, 1.807) is 0 Å². The number of aromatic nitrogens is 1. The molecule has 1 aromatic heterocycles. The molecule has 0 fully saturated rings. The van der Waals surface area contributed by atoms with E-state index < -0.39 is 10.0 Å². The van der Waals surface area contributed by atoms with Crippen LogP contribution in [0.25, 0.3) is 0 Å². The summed E-state index contributed by atoms with van der Waals surface area (Å²) in [6.07, 6.45) is 3.16. The second-order valence-corrected chi connectivity index (χ2v) is 6.12. The van der Waals surface area contributed by atoms with Gasteiger partial charge in [-0.3, -0.25) is 0 Å². The molecule has 0 aromatic carbocycles. The van der Waals surface area contributed by atoms with Gasteiger partial charge in [0, 0.05) is 12.2 Å². The molecular weight excluding hydrogens is 250 g/mol. The molecule has 1 atom stereocenters. The van der Waals surface area contributed by atoms with E-state index in [9.17, 15) is 8.42 Å². The van der Waals surface area contributed by atoms with E-state index in [1.807, 2.05) is 6.92 Å². The van der Waals surface area contributed by atoms with Gasteiger partial charge in [0.2, 0.25) is 10.0 Å². The number of sulfonamides is 1. The van der Waals surface area contributed by atoms with Crippen molar-refractivity contribution in [2.24, 2.45) is 5.92 Å². The van der Waals surface area contributed by atoms with Crippen LogP contribution < -0.4 is 10.5 Å². The van der Waals surface area contributed by atoms with E-state index in [0.29, 0.717) is 11.7 Å². The van der Waals surface area contributed by atoms with Crippen LogP contribution in [0.1, 0.15) is 33.6 Å². The van der Waals surface area contributed by atoms with Crippen molar-refractivity contribution in [3.8, 4) is 0 Å². The highest BCUT2D eigenvalue weighted by Gasteiger charge is 2.21. The molecule has 0 saturated heterocycles. The maximum Gasteiger partial charge on any atom is 0.242 e. The van der Waals surface area contributed by atoms with Crippen LogP contribution in [0, 0.1) is 5.92 Å². The Labute approximate surface area is 109 Å². The molecule has 0 aliphatic rings. The fourth-order valence-corrected chi connectivity index (χ4v) is 3.21. The van der Waals surface area contributed by atoms with E-state index in [-0.39, 0.29) is 10.9 Å². The van der Waals surface area contributed by atoms with Gasteiger partial charge in [0.1, 0.15) is 10.7 Å². The van der Waals surface area contributed by atoms with Crippen LogP contribution in [0.15, 0.2) is 23.2 Å². The van der Waals surface area contributed by atoms with Crippen molar-refractivity contribution in [2.75, 3.05) is 5.73 Å². The molecule has 0 aliphatic heterocycles. The molecular formula is C12H21N3O2S. The molecule has 0 bridgehead atoms. The summed E-state index contributed by atoms with van der Waals surface area (Å²) in [7, 11) is -3.51. The Balaban J connectivity index is 2.85. The third kappa shape index (κ3) is 3.68. The summed E-state index contributed by atoms with van der Waals surface area (Å²) in [6.45, 7) is 6.01. The number of nitrogens with zero attached hydrogens (tertiary/aromatic N) is 1. The van der Waals surface area contributed by atoms with Crippen molar-refractivity contribution in [3.05, 3.63) is 18.3 Å². The zero-order valence-corrected chi connectivity index (χ0v) is 11.9. The lowest BCUT2D eigenvalue weighted by Gasteiger charge is -2.22. The Morgan fingerprint density at radius 3 is 2.39 bits per heavy atom. The van der Waals surface area contributed by atoms with Gasteiger partial charge in [0.05, 0.1) is 0 Å². The first-order chi connectivity index (χ1) is 8.40. The number of nitrogens with two attached hydrogens (primary N) is 1. The summed E-state index contributed by atoms with van der Waals surface area (Å²) in [4.78, 5) is 3.94. The summed E-state index contributed by atoms with van der Waals surface area (Å²) >= 11 is 0. The number of nitrogens with one attached hydrogen (secondary N) is 1. The minimum atomic E-state index is -3.51. The summed E-state index contributed by atoms with van der Waals surface area (Å²) in [5.74, 6) is 0.642. The highest BCUT2D eigenvalue weighted by atomic mass is 32.2. The average molecular weight is 271 g/mol. The van der Waals surface area contributed by atoms with E-state index in [2.05, 4.69) is 23.6 Å². The first-order valence-electron chi connectivity index (χ1n) is 6.14. The fraction of sp³-hybridized carbons (Fsp3) is 0.583. The maximum absolute atomic E-state index is 12.1. The molecule has 1 heterocycles. The average Bonchev–Trinajstić information content (AvgIpc) is 2.30. The standard InChI is InChI=1S/C12H21N3O2S/c1-4-10(5-2)9(3)15-18(16,17)11-6-7-12(13)14-8-11/h6-10,15H,4-5H2,1-3H3,(H2,13,14). The van der Waals surface area contributed by atoms with Crippen LogP contribution >= 0.6 is 0 Å². The van der Waals surface area contributed by atoms with E-state index >= 15 is 0 Å². The van der Waals surface area contributed by atoms with Gasteiger partial charge in [0.15, 0.2) is 0 Å². The molecule has 0 spiro atoms. The fourth-order valence-electron chi connectivity index (χ4n) is 1.96. The number of pyridine rings is 1. The largest absolute Gasteiger partial charge is 0.384 e. The lowest BCUT2D eigenvalue weighted by Crippen LogP contribution is -2.37. The minimum Gasteiger partial charge on any atom is -0.384 e. The second kappa shape index (κ2) is 6.15. The molecule has 0 aliphatic carbocycles. The van der Waals surface area contributed by atoms with Crippen LogP contribution in [0.3, 0.4) is 0 Å². The highest BCUT2D eigenvalue weighted by molar-refractivity contribution is 7.89. The first-order valence-corrected chi connectivity index (χ1v) is 7.62. The Morgan fingerprint density at radius 1 is 1.33 bits per heavy atom. The lowest BCUT2D eigenvalue weighted by molar-refractivity contribution is 0.390. The number of rotatable bonds is 6. The molecule has 6 heteroatoms. The van der Waals surface area contributed by atoms with Crippen molar-refractivity contribution >= 4 is 15.8 Å². The van der Waals surface area contributed by atoms with Crippen molar-refractivity contribution in [3.63, 3.8) is 0 Å². The monoisotopic (exact) mass is 271 g/mol. The first kappa shape index (κ1) is 14.9. The van der Waals surface area contributed by atoms with Crippen LogP contribution in [-0.2, 0) is 10.0 Å². The van der Waals surface area contributed by atoms with E-state index in [0.717, 1.165) is 12.8 Å². The molecule has 102 valence electrons. The van der Waals surface area contributed by atoms with Crippen molar-refractivity contribution in [1.82, 2.24) is 9.71 Å². The number of hydrogen-bond donors (Lipinski definition) is 2. The highest BCUT2D eigenvalue weighted by Crippen LogP contribution is 2.16. The predicted molar refractivity (Wildman–Crippen MR) is 72.5 cm³/mol. The van der Waals surface area contributed by atoms with E-state index in [1.165, 1.54) is 18.3 Å². The second-order valence-electron chi connectivity index (χ2n) is 4.41. The van der Waals surface area contributed by atoms with Crippen LogP contribution in [0.5, 0.6) is 0 Å². The Hall–Kier alpha value is -1.14. The van der Waals surface area contributed by atoms with Crippen LogP contribution in [-0.4, -0.2) is 19.4 Å². The predicted octanol–water partition coefficient (Wildman–Crippen LogP) is 1.77. The topological polar surface area (TPSA) is 85.1 Å². The summed E-state index contributed by atoms with van der Waals surface area (Å²) in [5.41, 5.74) is 5.44. The third-order valence-corrected chi connectivity index (χ3v) is 4.71. The van der Waals surface area contributed by atoms with Crippen molar-refractivity contribution in [2.45, 2.75) is 44.6 Å². The van der Waals surface area contributed by atoms with Gasteiger partial charge in [-0.2, -0.15) is 0 Å². The number of hydrogen-bond acceptors (Lipinski definition) is 4. The SMILES string of the molecule is CCC(CC)C(C)NS(=O)(=O)c1ccc(N)nc1. The zero-order valence-electron chi connectivity index (χ0n) is 11.1. The van der Waals surface area contributed by atoms with Gasteiger partial charge >= 0.3 is 0 Å². The number of anilines is 1. The van der Waals surface area contributed by atoms with Gasteiger partial charge < -0.3 is 5.73 Å². The summed E-state index contributed by atoms with van der Waals surface area (Å²) in [6, 6.07) is 2.85. The van der Waals surface area contributed by atoms with Gasteiger partial charge in [-0.25, -0.2) is 18.1 Å². The molecule has 1 aromatic rings. The molecule has 0 saturated carbocycles. The zero-order chi connectivity index (χ0) is 13.8. The van der Waals surface area contributed by atoms with Gasteiger partial charge in [-0.05, 0) is 25.0 Å². The van der Waals surface area contributed by atoms with Crippen LogP contribution in [0.2, 0.25) is 0 Å². The smallest absolute Gasteiger partial charge is 0.242 e. The maximum atomic E-state index is 12.1. The lowest BCUT2D eigenvalue weighted by atomic mass is 9.96. The Morgan fingerprint density at radius 2 is 1.94 bits per heavy atom. The molecule has 5 nitrogen and oxygen atoms in total. The molecule has 1 unspecified atom stereocenters. The summed E-state index contributed by atoms with van der Waals surface area (Å²) in [5, 5.41) is 0. The van der Waals surface area contributed by atoms with Gasteiger partial charge in [0.25, 0.3) is 0 Å². The molecule has 18 heavy (non-hydrogen) atoms. The van der Waals surface area contributed by atoms with E-state index in [4.69, 9.17) is 5.73 Å².